The number of hydrogen-bond acceptors (Lipinski definition) is 3. The van der Waals surface area contributed by atoms with E-state index in [1.807, 2.05) is 31.2 Å². The van der Waals surface area contributed by atoms with Crippen molar-refractivity contribution < 1.29 is 14.3 Å². The molecular weight excluding hydrogens is 292 g/mol. The summed E-state index contributed by atoms with van der Waals surface area (Å²) in [6.45, 7) is 2.46. The summed E-state index contributed by atoms with van der Waals surface area (Å²) >= 11 is 0. The number of fused-ring (bicyclic) bond motifs is 1. The average molecular weight is 310 g/mol. The maximum atomic E-state index is 12.0. The summed E-state index contributed by atoms with van der Waals surface area (Å²) in [6.07, 6.45) is 0.705. The van der Waals surface area contributed by atoms with Crippen LogP contribution in [0.5, 0.6) is 5.75 Å². The number of nitrogens with one attached hydrogen (secondary N) is 2. The van der Waals surface area contributed by atoms with Crippen LogP contribution in [0.4, 0.5) is 5.69 Å². The van der Waals surface area contributed by atoms with Gasteiger partial charge in [0.15, 0.2) is 6.61 Å². The fourth-order valence-corrected chi connectivity index (χ4v) is 2.63. The molecule has 0 unspecified atom stereocenters. The summed E-state index contributed by atoms with van der Waals surface area (Å²) in [7, 11) is 0. The molecule has 2 amide bonds. The summed E-state index contributed by atoms with van der Waals surface area (Å²) in [5.74, 6) is 0.270. The number of hydrogen-bond donors (Lipinski definition) is 2. The third-order valence-electron chi connectivity index (χ3n) is 3.70. The molecule has 23 heavy (non-hydrogen) atoms. The molecule has 1 aliphatic heterocycles. The molecule has 0 aromatic heterocycles. The minimum absolute atomic E-state index is 0.0913. The predicted molar refractivity (Wildman–Crippen MR) is 87.8 cm³/mol. The highest BCUT2D eigenvalue weighted by Gasteiger charge is 2.20. The van der Waals surface area contributed by atoms with Crippen molar-refractivity contribution in [2.75, 3.05) is 18.5 Å². The van der Waals surface area contributed by atoms with E-state index < -0.39 is 0 Å². The number of benzene rings is 2. The van der Waals surface area contributed by atoms with E-state index in [2.05, 4.69) is 10.6 Å². The largest absolute Gasteiger partial charge is 0.483 e. The first-order valence-corrected chi connectivity index (χ1v) is 7.53. The van der Waals surface area contributed by atoms with Crippen molar-refractivity contribution in [3.63, 3.8) is 0 Å². The zero-order valence-electron chi connectivity index (χ0n) is 12.9. The van der Waals surface area contributed by atoms with Gasteiger partial charge >= 0.3 is 0 Å². The lowest BCUT2D eigenvalue weighted by Gasteiger charge is -2.19. The quantitative estimate of drug-likeness (QED) is 0.910. The van der Waals surface area contributed by atoms with Crippen LogP contribution < -0.4 is 15.4 Å². The predicted octanol–water partition coefficient (Wildman–Crippen LogP) is 2.30. The van der Waals surface area contributed by atoms with Gasteiger partial charge in [-0.05, 0) is 43.2 Å². The van der Waals surface area contributed by atoms with E-state index in [4.69, 9.17) is 4.74 Å². The fraction of sp³-hybridized carbons (Fsp3) is 0.222. The van der Waals surface area contributed by atoms with Crippen LogP contribution in [-0.4, -0.2) is 25.0 Å². The lowest BCUT2D eigenvalue weighted by atomic mass is 9.99. The van der Waals surface area contributed by atoms with Crippen molar-refractivity contribution in [2.45, 2.75) is 13.3 Å². The lowest BCUT2D eigenvalue weighted by molar-refractivity contribution is -0.118. The van der Waals surface area contributed by atoms with E-state index in [1.165, 1.54) is 0 Å². The van der Waals surface area contributed by atoms with Crippen LogP contribution in [0, 0.1) is 6.92 Å². The van der Waals surface area contributed by atoms with E-state index in [0.29, 0.717) is 24.3 Å². The summed E-state index contributed by atoms with van der Waals surface area (Å²) in [5.41, 5.74) is 3.30. The molecule has 5 nitrogen and oxygen atoms in total. The molecular formula is C18H18N2O3. The normalized spacial score (nSPS) is 13.0. The molecule has 0 radical (unpaired) electrons. The van der Waals surface area contributed by atoms with Crippen molar-refractivity contribution >= 4 is 17.5 Å². The molecule has 0 aliphatic carbocycles. The maximum Gasteiger partial charge on any atom is 0.262 e. The van der Waals surface area contributed by atoms with Gasteiger partial charge in [0.05, 0.1) is 0 Å². The molecule has 0 spiro atoms. The van der Waals surface area contributed by atoms with Crippen LogP contribution >= 0.6 is 0 Å². The van der Waals surface area contributed by atoms with E-state index in [9.17, 15) is 9.59 Å². The minimum Gasteiger partial charge on any atom is -0.483 e. The number of anilines is 1. The number of ether oxygens (including phenoxy) is 1. The minimum atomic E-state index is -0.228. The zero-order chi connectivity index (χ0) is 16.2. The Labute approximate surface area is 134 Å². The van der Waals surface area contributed by atoms with Gasteiger partial charge in [0.25, 0.3) is 11.8 Å². The monoisotopic (exact) mass is 310 g/mol. The van der Waals surface area contributed by atoms with Gasteiger partial charge in [-0.25, -0.2) is 0 Å². The lowest BCUT2D eigenvalue weighted by Crippen LogP contribution is -2.32. The number of amides is 2. The molecule has 1 heterocycles. The van der Waals surface area contributed by atoms with Crippen molar-refractivity contribution in [1.29, 1.82) is 0 Å². The Morgan fingerprint density at radius 1 is 1.26 bits per heavy atom. The van der Waals surface area contributed by atoms with Crippen LogP contribution in [-0.2, 0) is 11.2 Å². The van der Waals surface area contributed by atoms with Crippen LogP contribution in [0.25, 0.3) is 0 Å². The van der Waals surface area contributed by atoms with Crippen molar-refractivity contribution in [1.82, 2.24) is 5.32 Å². The standard InChI is InChI=1S/C18H18N2O3/c1-12-4-2-5-13(10-12)20-17(21)11-23-16-7-3-6-15-14(16)8-9-19-18(15)22/h2-7,10H,8-9,11H2,1H3,(H,19,22)(H,20,21). The Hall–Kier alpha value is -2.82. The SMILES string of the molecule is Cc1cccc(NC(=O)COc2cccc3c2CCNC3=O)c1. The van der Waals surface area contributed by atoms with Crippen molar-refractivity contribution in [3.05, 3.63) is 59.2 Å². The second-order valence-corrected chi connectivity index (χ2v) is 5.49. The van der Waals surface area contributed by atoms with Gasteiger partial charge in [-0.2, -0.15) is 0 Å². The van der Waals surface area contributed by atoms with Gasteiger partial charge < -0.3 is 15.4 Å². The van der Waals surface area contributed by atoms with Gasteiger partial charge in [-0.3, -0.25) is 9.59 Å². The number of carbonyl (C=O) groups excluding carboxylic acids is 2. The molecule has 0 saturated carbocycles. The topological polar surface area (TPSA) is 67.4 Å². The summed E-state index contributed by atoms with van der Waals surface area (Å²) in [6, 6.07) is 12.9. The van der Waals surface area contributed by atoms with Crippen molar-refractivity contribution in [3.8, 4) is 5.75 Å². The Balaban J connectivity index is 1.66. The number of carbonyl (C=O) groups is 2. The Bertz CT molecular complexity index is 756. The van der Waals surface area contributed by atoms with Crippen molar-refractivity contribution in [2.24, 2.45) is 0 Å². The third-order valence-corrected chi connectivity index (χ3v) is 3.70. The highest BCUT2D eigenvalue weighted by molar-refractivity contribution is 5.97. The molecule has 0 atom stereocenters. The second kappa shape index (κ2) is 6.52. The molecule has 2 aromatic carbocycles. The number of aryl methyl sites for hydroxylation is 1. The molecule has 118 valence electrons. The first kappa shape index (κ1) is 15.1. The summed E-state index contributed by atoms with van der Waals surface area (Å²) in [4.78, 5) is 23.8. The van der Waals surface area contributed by atoms with E-state index in [0.717, 1.165) is 16.8 Å². The van der Waals surface area contributed by atoms with Gasteiger partial charge in [0.2, 0.25) is 0 Å². The van der Waals surface area contributed by atoms with E-state index >= 15 is 0 Å². The van der Waals surface area contributed by atoms with Gasteiger partial charge in [-0.1, -0.05) is 18.2 Å². The molecule has 2 N–H and O–H groups in total. The maximum absolute atomic E-state index is 12.0. The summed E-state index contributed by atoms with van der Waals surface area (Å²) in [5, 5.41) is 5.59. The van der Waals surface area contributed by atoms with Crippen LogP contribution in [0.1, 0.15) is 21.5 Å². The van der Waals surface area contributed by atoms with Gasteiger partial charge in [0, 0.05) is 23.4 Å². The van der Waals surface area contributed by atoms with E-state index in [-0.39, 0.29) is 18.4 Å². The van der Waals surface area contributed by atoms with Gasteiger partial charge in [0.1, 0.15) is 5.75 Å². The zero-order valence-corrected chi connectivity index (χ0v) is 12.9. The van der Waals surface area contributed by atoms with Crippen LogP contribution in [0.3, 0.4) is 0 Å². The first-order valence-electron chi connectivity index (χ1n) is 7.53. The highest BCUT2D eigenvalue weighted by Crippen LogP contribution is 2.25. The van der Waals surface area contributed by atoms with E-state index in [1.54, 1.807) is 18.2 Å². The second-order valence-electron chi connectivity index (χ2n) is 5.49. The Morgan fingerprint density at radius 2 is 2.09 bits per heavy atom. The number of rotatable bonds is 4. The first-order chi connectivity index (χ1) is 11.1. The molecule has 3 rings (SSSR count). The Kier molecular flexibility index (Phi) is 4.28. The highest BCUT2D eigenvalue weighted by atomic mass is 16.5. The van der Waals surface area contributed by atoms with Gasteiger partial charge in [-0.15, -0.1) is 0 Å². The smallest absolute Gasteiger partial charge is 0.262 e. The Morgan fingerprint density at radius 3 is 2.91 bits per heavy atom. The molecule has 2 aromatic rings. The van der Waals surface area contributed by atoms with Crippen LogP contribution in [0.15, 0.2) is 42.5 Å². The average Bonchev–Trinajstić information content (AvgIpc) is 2.53. The summed E-state index contributed by atoms with van der Waals surface area (Å²) < 4.78 is 5.62. The molecule has 5 heteroatoms. The molecule has 1 aliphatic rings. The molecule has 0 bridgehead atoms. The third kappa shape index (κ3) is 3.51. The molecule has 0 fully saturated rings. The van der Waals surface area contributed by atoms with Crippen LogP contribution in [0.2, 0.25) is 0 Å². The molecule has 0 saturated heterocycles. The fourth-order valence-electron chi connectivity index (χ4n) is 2.63.